The van der Waals surface area contributed by atoms with Crippen LogP contribution >= 0.6 is 11.6 Å². The van der Waals surface area contributed by atoms with Crippen molar-refractivity contribution in [3.8, 4) is 0 Å². The quantitative estimate of drug-likeness (QED) is 0.797. The molecule has 2 aromatic rings. The van der Waals surface area contributed by atoms with E-state index in [2.05, 4.69) is 10.1 Å². The molecule has 94 valence electrons. The van der Waals surface area contributed by atoms with Crippen LogP contribution in [-0.2, 0) is 13.0 Å². The molecule has 0 saturated carbocycles. The highest BCUT2D eigenvalue weighted by molar-refractivity contribution is 6.32. The molecular weight excluding hydrogens is 250 g/mol. The van der Waals surface area contributed by atoms with Crippen LogP contribution in [0, 0.1) is 6.92 Å². The lowest BCUT2D eigenvalue weighted by Gasteiger charge is -2.04. The zero-order valence-corrected chi connectivity index (χ0v) is 11.1. The van der Waals surface area contributed by atoms with Crippen LogP contribution in [0.2, 0.25) is 5.02 Å². The Labute approximate surface area is 111 Å². The third kappa shape index (κ3) is 2.43. The van der Waals surface area contributed by atoms with Crippen LogP contribution < -0.4 is 0 Å². The van der Waals surface area contributed by atoms with Crippen molar-refractivity contribution >= 4 is 17.4 Å². The predicted octanol–water partition coefficient (Wildman–Crippen LogP) is 2.69. The molecule has 0 aliphatic rings. The summed E-state index contributed by atoms with van der Waals surface area (Å²) in [7, 11) is 0. The van der Waals surface area contributed by atoms with Crippen LogP contribution in [0.15, 0.2) is 24.4 Å². The molecule has 18 heavy (non-hydrogen) atoms. The molecule has 0 N–H and O–H groups in total. The number of carbonyl (C=O) groups excluding carboxylic acids is 1. The van der Waals surface area contributed by atoms with E-state index < -0.39 is 0 Å². The standard InChI is InChI=1S/C13H14ClN3O/c1-3-17-11(13(14)9(2)16-17)8-12(18)10-6-4-5-7-15-10/h4-7H,3,8H2,1-2H3. The second-order valence-corrected chi connectivity index (χ2v) is 4.35. The van der Waals surface area contributed by atoms with Gasteiger partial charge in [0.15, 0.2) is 5.78 Å². The normalized spacial score (nSPS) is 10.6. The summed E-state index contributed by atoms with van der Waals surface area (Å²) in [6.07, 6.45) is 1.84. The molecule has 0 saturated heterocycles. The molecule has 0 spiro atoms. The Morgan fingerprint density at radius 3 is 2.83 bits per heavy atom. The highest BCUT2D eigenvalue weighted by atomic mass is 35.5. The zero-order chi connectivity index (χ0) is 13.1. The highest BCUT2D eigenvalue weighted by Crippen LogP contribution is 2.21. The minimum absolute atomic E-state index is 0.0490. The van der Waals surface area contributed by atoms with Gasteiger partial charge in [-0.2, -0.15) is 5.10 Å². The van der Waals surface area contributed by atoms with Crippen molar-refractivity contribution in [3.63, 3.8) is 0 Å². The van der Waals surface area contributed by atoms with E-state index in [-0.39, 0.29) is 12.2 Å². The van der Waals surface area contributed by atoms with Gasteiger partial charge in [0.2, 0.25) is 0 Å². The molecule has 2 rings (SSSR count). The van der Waals surface area contributed by atoms with Gasteiger partial charge in [0.25, 0.3) is 0 Å². The number of pyridine rings is 1. The minimum atomic E-state index is -0.0490. The molecule has 0 unspecified atom stereocenters. The summed E-state index contributed by atoms with van der Waals surface area (Å²) in [6, 6.07) is 5.28. The summed E-state index contributed by atoms with van der Waals surface area (Å²) in [6.45, 7) is 4.50. The molecule has 4 nitrogen and oxygen atoms in total. The first-order chi connectivity index (χ1) is 8.63. The number of ketones is 1. The molecule has 0 aliphatic heterocycles. The number of hydrogen-bond acceptors (Lipinski definition) is 3. The molecule has 0 amide bonds. The number of nitrogens with zero attached hydrogens (tertiary/aromatic N) is 3. The van der Waals surface area contributed by atoms with Crippen LogP contribution in [0.4, 0.5) is 0 Å². The number of hydrogen-bond donors (Lipinski definition) is 0. The van der Waals surface area contributed by atoms with Crippen molar-refractivity contribution in [2.45, 2.75) is 26.8 Å². The highest BCUT2D eigenvalue weighted by Gasteiger charge is 2.17. The van der Waals surface area contributed by atoms with Crippen LogP contribution in [0.3, 0.4) is 0 Å². The number of aryl methyl sites for hydroxylation is 2. The van der Waals surface area contributed by atoms with Gasteiger partial charge in [0, 0.05) is 12.7 Å². The molecule has 0 bridgehead atoms. The third-order valence-electron chi connectivity index (χ3n) is 2.73. The van der Waals surface area contributed by atoms with E-state index in [1.54, 1.807) is 29.1 Å². The van der Waals surface area contributed by atoms with Crippen LogP contribution in [0.25, 0.3) is 0 Å². The molecule has 0 atom stereocenters. The molecule has 2 aromatic heterocycles. The molecule has 0 aliphatic carbocycles. The lowest BCUT2D eigenvalue weighted by molar-refractivity contribution is 0.0986. The van der Waals surface area contributed by atoms with E-state index in [0.717, 1.165) is 11.4 Å². The maximum Gasteiger partial charge on any atom is 0.187 e. The fourth-order valence-electron chi connectivity index (χ4n) is 1.81. The van der Waals surface area contributed by atoms with Crippen molar-refractivity contribution in [3.05, 3.63) is 46.5 Å². The van der Waals surface area contributed by atoms with E-state index in [1.165, 1.54) is 0 Å². The van der Waals surface area contributed by atoms with Gasteiger partial charge in [0.05, 0.1) is 22.8 Å². The molecule has 0 fully saturated rings. The Morgan fingerprint density at radius 1 is 1.44 bits per heavy atom. The first kappa shape index (κ1) is 12.8. The first-order valence-corrected chi connectivity index (χ1v) is 6.17. The number of halogens is 1. The summed E-state index contributed by atoms with van der Waals surface area (Å²) in [5, 5.41) is 4.86. The molecule has 5 heteroatoms. The maximum atomic E-state index is 12.1. The fraction of sp³-hybridized carbons (Fsp3) is 0.308. The van der Waals surface area contributed by atoms with Gasteiger partial charge in [-0.15, -0.1) is 0 Å². The third-order valence-corrected chi connectivity index (χ3v) is 3.22. The van der Waals surface area contributed by atoms with Gasteiger partial charge in [-0.05, 0) is 26.0 Å². The average molecular weight is 264 g/mol. The number of Topliss-reactive ketones (excluding diaryl/α,β-unsaturated/α-hetero) is 1. The van der Waals surface area contributed by atoms with Gasteiger partial charge in [-0.25, -0.2) is 0 Å². The summed E-state index contributed by atoms with van der Waals surface area (Å²) < 4.78 is 1.76. The lowest BCUT2D eigenvalue weighted by atomic mass is 10.1. The second-order valence-electron chi connectivity index (χ2n) is 3.98. The summed E-state index contributed by atoms with van der Waals surface area (Å²) in [5.74, 6) is -0.0490. The van der Waals surface area contributed by atoms with Crippen molar-refractivity contribution in [1.29, 1.82) is 0 Å². The number of aromatic nitrogens is 3. The van der Waals surface area contributed by atoms with Gasteiger partial charge >= 0.3 is 0 Å². The average Bonchev–Trinajstić information content (AvgIpc) is 2.67. The van der Waals surface area contributed by atoms with Crippen molar-refractivity contribution < 1.29 is 4.79 Å². The Balaban J connectivity index is 2.27. The van der Waals surface area contributed by atoms with Crippen LogP contribution in [0.5, 0.6) is 0 Å². The van der Waals surface area contributed by atoms with Crippen molar-refractivity contribution in [1.82, 2.24) is 14.8 Å². The van der Waals surface area contributed by atoms with Gasteiger partial charge in [0.1, 0.15) is 5.69 Å². The monoisotopic (exact) mass is 263 g/mol. The van der Waals surface area contributed by atoms with E-state index >= 15 is 0 Å². The van der Waals surface area contributed by atoms with Gasteiger partial charge in [-0.3, -0.25) is 14.5 Å². The Hall–Kier alpha value is -1.68. The van der Waals surface area contributed by atoms with E-state index in [9.17, 15) is 4.79 Å². The Bertz CT molecular complexity index is 563. The summed E-state index contributed by atoms with van der Waals surface area (Å²) in [4.78, 5) is 16.1. The summed E-state index contributed by atoms with van der Waals surface area (Å²) >= 11 is 6.17. The number of rotatable bonds is 4. The van der Waals surface area contributed by atoms with Crippen LogP contribution in [0.1, 0.15) is 28.8 Å². The Kier molecular flexibility index (Phi) is 3.77. The smallest absolute Gasteiger partial charge is 0.187 e. The van der Waals surface area contributed by atoms with Crippen LogP contribution in [-0.4, -0.2) is 20.5 Å². The van der Waals surface area contributed by atoms with Gasteiger partial charge in [-0.1, -0.05) is 17.7 Å². The van der Waals surface area contributed by atoms with Crippen molar-refractivity contribution in [2.75, 3.05) is 0 Å². The topological polar surface area (TPSA) is 47.8 Å². The molecular formula is C13H14ClN3O. The largest absolute Gasteiger partial charge is 0.292 e. The SMILES string of the molecule is CCn1nc(C)c(Cl)c1CC(=O)c1ccccn1. The van der Waals surface area contributed by atoms with E-state index in [0.29, 0.717) is 17.3 Å². The second kappa shape index (κ2) is 5.31. The Morgan fingerprint density at radius 2 is 2.22 bits per heavy atom. The minimum Gasteiger partial charge on any atom is -0.292 e. The van der Waals surface area contributed by atoms with E-state index in [1.807, 2.05) is 13.8 Å². The lowest BCUT2D eigenvalue weighted by Crippen LogP contribution is -2.11. The van der Waals surface area contributed by atoms with Gasteiger partial charge < -0.3 is 0 Å². The summed E-state index contributed by atoms with van der Waals surface area (Å²) in [5.41, 5.74) is 1.96. The molecule has 2 heterocycles. The predicted molar refractivity (Wildman–Crippen MR) is 69.9 cm³/mol. The van der Waals surface area contributed by atoms with Crippen molar-refractivity contribution in [2.24, 2.45) is 0 Å². The molecule has 0 radical (unpaired) electrons. The first-order valence-electron chi connectivity index (χ1n) is 5.79. The maximum absolute atomic E-state index is 12.1. The van der Waals surface area contributed by atoms with E-state index in [4.69, 9.17) is 11.6 Å². The zero-order valence-electron chi connectivity index (χ0n) is 10.4. The fourth-order valence-corrected chi connectivity index (χ4v) is 2.01. The number of carbonyl (C=O) groups is 1. The molecule has 0 aromatic carbocycles.